The molecule has 26 nitrogen and oxygen atoms in total. The van der Waals surface area contributed by atoms with Crippen LogP contribution in [0.3, 0.4) is 0 Å². The van der Waals surface area contributed by atoms with Crippen LogP contribution in [0, 0.1) is 0 Å². The zero-order chi connectivity index (χ0) is 50.9. The second-order valence-corrected chi connectivity index (χ2v) is 16.5. The molecule has 0 unspecified atom stereocenters. The molecule has 0 aliphatic carbocycles. The molecule has 376 valence electrons. The highest BCUT2D eigenvalue weighted by Crippen LogP contribution is 2.33. The molecule has 0 spiro atoms. The first-order valence-corrected chi connectivity index (χ1v) is 22.8. The number of nitrogens with zero attached hydrogens (tertiary/aromatic N) is 4. The molecular formula is C42H64N18O8S. The summed E-state index contributed by atoms with van der Waals surface area (Å²) in [5.74, 6) is -4.25. The largest absolute Gasteiger partial charge is 0.493 e. The van der Waals surface area contributed by atoms with Crippen molar-refractivity contribution in [1.82, 2.24) is 26.6 Å². The fraction of sp³-hybridized carbons (Fsp3) is 0.452. The summed E-state index contributed by atoms with van der Waals surface area (Å²) in [6.45, 7) is 0.588. The molecule has 23 N–H and O–H groups in total. The van der Waals surface area contributed by atoms with Crippen molar-refractivity contribution in [3.63, 3.8) is 0 Å². The van der Waals surface area contributed by atoms with Crippen molar-refractivity contribution in [1.29, 1.82) is 0 Å². The monoisotopic (exact) mass is 980 g/mol. The van der Waals surface area contributed by atoms with Gasteiger partial charge >= 0.3 is 0 Å². The van der Waals surface area contributed by atoms with E-state index in [1.54, 1.807) is 18.2 Å². The number of carbonyl (C=O) groups excluding carboxylic acids is 7. The Hall–Kier alpha value is -7.84. The molecule has 1 fully saturated rings. The van der Waals surface area contributed by atoms with Crippen LogP contribution in [-0.4, -0.2) is 121 Å². The fourth-order valence-corrected chi connectivity index (χ4v) is 7.39. The third kappa shape index (κ3) is 20.7. The van der Waals surface area contributed by atoms with Crippen LogP contribution in [0.25, 0.3) is 16.8 Å². The van der Waals surface area contributed by atoms with Gasteiger partial charge < -0.3 is 77.6 Å². The van der Waals surface area contributed by atoms with Crippen molar-refractivity contribution in [3.8, 4) is 5.75 Å². The van der Waals surface area contributed by atoms with Gasteiger partial charge in [-0.25, -0.2) is 0 Å². The van der Waals surface area contributed by atoms with Gasteiger partial charge in [-0.1, -0.05) is 30.3 Å². The number of amides is 7. The number of thioether (sulfide) groups is 1. The van der Waals surface area contributed by atoms with E-state index in [-0.39, 0.29) is 126 Å². The average Bonchev–Trinajstić information content (AvgIpc) is 3.61. The van der Waals surface area contributed by atoms with Crippen LogP contribution < -0.4 is 82.9 Å². The number of imide groups is 1. The molecule has 0 radical (unpaired) electrons. The predicted molar refractivity (Wildman–Crippen MR) is 264 cm³/mol. The lowest BCUT2D eigenvalue weighted by molar-refractivity contribution is -0.134. The molecule has 3 rings (SSSR count). The van der Waals surface area contributed by atoms with Gasteiger partial charge in [0.1, 0.15) is 29.9 Å². The van der Waals surface area contributed by atoms with Crippen LogP contribution in [0.1, 0.15) is 69.8 Å². The smallest absolute Gasteiger partial charge is 0.290 e. The van der Waals surface area contributed by atoms with E-state index in [9.17, 15) is 33.6 Å². The van der Waals surface area contributed by atoms with Crippen LogP contribution in [-0.2, 0) is 28.8 Å². The maximum absolute atomic E-state index is 14.1. The summed E-state index contributed by atoms with van der Waals surface area (Å²) in [4.78, 5) is 107. The van der Waals surface area contributed by atoms with E-state index >= 15 is 0 Å². The topological polar surface area (TPSA) is 472 Å². The van der Waals surface area contributed by atoms with E-state index < -0.39 is 64.8 Å². The number of guanidine groups is 4. The van der Waals surface area contributed by atoms with Crippen molar-refractivity contribution in [2.45, 2.75) is 88.4 Å². The Labute approximate surface area is 402 Å². The number of nitrogens with two attached hydrogens (primary N) is 9. The molecule has 69 heavy (non-hydrogen) atoms. The molecule has 0 bridgehead atoms. The minimum Gasteiger partial charge on any atom is -0.493 e. The van der Waals surface area contributed by atoms with Crippen LogP contribution in [0.4, 0.5) is 4.79 Å². The summed E-state index contributed by atoms with van der Waals surface area (Å²) in [5.41, 5.74) is 49.9. The molecule has 7 amide bonds. The third-order valence-corrected chi connectivity index (χ3v) is 10.8. The average molecular weight is 981 g/mol. The van der Waals surface area contributed by atoms with Crippen LogP contribution in [0.5, 0.6) is 5.75 Å². The summed E-state index contributed by atoms with van der Waals surface area (Å²) in [7, 11) is 0. The molecule has 1 heterocycles. The maximum atomic E-state index is 14.1. The first kappa shape index (κ1) is 55.5. The molecule has 1 saturated heterocycles. The number of nitrogens with one attached hydrogen (secondary N) is 5. The summed E-state index contributed by atoms with van der Waals surface area (Å²) in [6.07, 6.45) is 2.89. The Morgan fingerprint density at radius 2 is 1.01 bits per heavy atom. The van der Waals surface area contributed by atoms with Crippen LogP contribution >= 0.6 is 11.8 Å². The second kappa shape index (κ2) is 29.0. The quantitative estimate of drug-likeness (QED) is 0.0160. The Kier molecular flexibility index (Phi) is 23.3. The first-order valence-electron chi connectivity index (χ1n) is 21.9. The van der Waals surface area contributed by atoms with Gasteiger partial charge in [0.05, 0.1) is 11.5 Å². The molecule has 1 aliphatic heterocycles. The Morgan fingerprint density at radius 3 is 1.45 bits per heavy atom. The highest BCUT2D eigenvalue weighted by Gasteiger charge is 2.31. The standard InChI is InChI=1S/C42H64N18O8S/c43-33(62)26(10-3-17-52-38(44)45)57-35(64)28(12-5-19-54-40(48)49)59-36(65)29(13-6-20-55-41(50)51)58-34(63)27(11-4-18-53-39(46)47)56-32(61)14-7-21-68-30-16-15-23(24-8-1-2-9-25(24)30)22-31-37(66)60-42(67)69-31/h1-2,8-9,15-16,22,26-29H,3-7,10-14,17-21H2,(H2,43,62)(H,56,61)(H,57,64)(H,58,63)(H,59,65)(H4,44,45,52)(H4,46,47,53)(H4,48,49,54)(H4,50,51,55)(H,60,66,67)/t26-,27-,28-,29-/m0/s1. The summed E-state index contributed by atoms with van der Waals surface area (Å²) >= 11 is 0.813. The van der Waals surface area contributed by atoms with Crippen molar-refractivity contribution in [2.75, 3.05) is 32.8 Å². The molecule has 0 aromatic heterocycles. The number of benzene rings is 2. The van der Waals surface area contributed by atoms with E-state index in [2.05, 4.69) is 46.6 Å². The summed E-state index contributed by atoms with van der Waals surface area (Å²) < 4.78 is 6.07. The molecule has 2 aromatic rings. The minimum absolute atomic E-state index is 0.00208. The summed E-state index contributed by atoms with van der Waals surface area (Å²) in [6, 6.07) is 5.98. The first-order chi connectivity index (χ1) is 32.8. The molecule has 0 saturated carbocycles. The van der Waals surface area contributed by atoms with E-state index in [4.69, 9.17) is 56.3 Å². The number of aliphatic imine (C=N–C) groups is 4. The minimum atomic E-state index is -1.29. The Morgan fingerprint density at radius 1 is 0.580 bits per heavy atom. The van der Waals surface area contributed by atoms with Gasteiger partial charge in [-0.2, -0.15) is 0 Å². The van der Waals surface area contributed by atoms with Gasteiger partial charge in [0, 0.05) is 38.0 Å². The molecule has 27 heteroatoms. The molecule has 2 aromatic carbocycles. The van der Waals surface area contributed by atoms with Crippen molar-refractivity contribution in [2.24, 2.45) is 71.6 Å². The van der Waals surface area contributed by atoms with Gasteiger partial charge in [-0.3, -0.25) is 58.8 Å². The van der Waals surface area contributed by atoms with Crippen LogP contribution in [0.15, 0.2) is 61.3 Å². The van der Waals surface area contributed by atoms with Gasteiger partial charge in [0.15, 0.2) is 23.8 Å². The Bertz CT molecular complexity index is 2290. The van der Waals surface area contributed by atoms with Crippen molar-refractivity contribution >= 4 is 93.1 Å². The van der Waals surface area contributed by atoms with E-state index in [1.165, 1.54) is 0 Å². The number of rotatable bonds is 30. The van der Waals surface area contributed by atoms with E-state index in [1.807, 2.05) is 24.3 Å². The van der Waals surface area contributed by atoms with Crippen molar-refractivity contribution in [3.05, 3.63) is 46.9 Å². The molecule has 1 aliphatic rings. The van der Waals surface area contributed by atoms with Gasteiger partial charge in [-0.15, -0.1) is 0 Å². The number of fused-ring (bicyclic) bond motifs is 1. The molecular weight excluding hydrogens is 917 g/mol. The normalized spacial score (nSPS) is 14.2. The predicted octanol–water partition coefficient (Wildman–Crippen LogP) is -3.04. The molecule has 4 atom stereocenters. The van der Waals surface area contributed by atoms with Gasteiger partial charge in [0.2, 0.25) is 29.5 Å². The highest BCUT2D eigenvalue weighted by atomic mass is 32.2. The fourth-order valence-electron chi connectivity index (χ4n) is 6.71. The Balaban J connectivity index is 1.77. The lowest BCUT2D eigenvalue weighted by Gasteiger charge is -2.26. The SMILES string of the molecule is NC(=O)[C@H](CCCN=C(N)N)NC(=O)[C@H](CCCN=C(N)N)NC(=O)[C@H](CCCN=C(N)N)NC(=O)[C@H](CCCN=C(N)N)NC(=O)CCCOc1ccc(C=C2SC(=O)NC2=O)c2ccccc12. The second-order valence-electron chi connectivity index (χ2n) is 15.5. The van der Waals surface area contributed by atoms with E-state index in [0.29, 0.717) is 11.3 Å². The van der Waals surface area contributed by atoms with Crippen molar-refractivity contribution < 1.29 is 38.3 Å². The third-order valence-electron chi connectivity index (χ3n) is 10.0. The maximum Gasteiger partial charge on any atom is 0.290 e. The lowest BCUT2D eigenvalue weighted by atomic mass is 10.0. The summed E-state index contributed by atoms with van der Waals surface area (Å²) in [5, 5.41) is 14.0. The van der Waals surface area contributed by atoms with Crippen LogP contribution in [0.2, 0.25) is 0 Å². The lowest BCUT2D eigenvalue weighted by Crippen LogP contribution is -2.58. The number of hydrogen-bond acceptors (Lipinski definition) is 13. The highest BCUT2D eigenvalue weighted by molar-refractivity contribution is 8.18. The number of ether oxygens (including phenoxy) is 1. The zero-order valence-electron chi connectivity index (χ0n) is 38.1. The number of primary amides is 1. The van der Waals surface area contributed by atoms with Gasteiger partial charge in [0.25, 0.3) is 11.1 Å². The van der Waals surface area contributed by atoms with Gasteiger partial charge in [-0.05, 0) is 92.6 Å². The van der Waals surface area contributed by atoms with E-state index in [0.717, 1.165) is 22.5 Å². The number of carbonyl (C=O) groups is 7. The zero-order valence-corrected chi connectivity index (χ0v) is 38.9. The number of hydrogen-bond donors (Lipinski definition) is 14.